The number of hydrogen-bond acceptors (Lipinski definition) is 5. The van der Waals surface area contributed by atoms with Gasteiger partial charge in [-0.1, -0.05) is 6.07 Å². The average molecular weight is 281 g/mol. The molecule has 0 atom stereocenters. The molecule has 108 valence electrons. The summed E-state index contributed by atoms with van der Waals surface area (Å²) in [5.74, 6) is -1.96. The molecule has 0 bridgehead atoms. The molecule has 1 aromatic rings. The van der Waals surface area contributed by atoms with Crippen molar-refractivity contribution in [2.45, 2.75) is 13.8 Å². The third-order valence-electron chi connectivity index (χ3n) is 2.84. The van der Waals surface area contributed by atoms with Crippen molar-refractivity contribution in [1.29, 1.82) is 0 Å². The first-order valence-electron chi connectivity index (χ1n) is 5.71. The lowest BCUT2D eigenvalue weighted by Gasteiger charge is -2.21. The van der Waals surface area contributed by atoms with Crippen LogP contribution in [0.1, 0.15) is 24.2 Å². The van der Waals surface area contributed by atoms with Crippen LogP contribution in [0.2, 0.25) is 0 Å². The first kappa shape index (κ1) is 15.4. The number of carboxylic acid groups (broad SMARTS) is 1. The third kappa shape index (κ3) is 3.22. The Kier molecular flexibility index (Phi) is 4.28. The van der Waals surface area contributed by atoms with E-state index < -0.39 is 33.5 Å². The molecule has 0 unspecified atom stereocenters. The number of hydrogen-bond donors (Lipinski definition) is 3. The van der Waals surface area contributed by atoms with Crippen LogP contribution in [-0.2, 0) is 4.79 Å². The number of carbonyl (C=O) groups is 2. The first-order chi connectivity index (χ1) is 9.16. The standard InChI is InChI=1S/C12H15N3O5/c1-12(2,11(13)18)6-14-8-5-3-4-7(10(16)17)9(8)15(19)20/h3-5,14H,6H2,1-2H3,(H2,13,18)(H,16,17). The van der Waals surface area contributed by atoms with Gasteiger partial charge >= 0.3 is 11.7 Å². The Morgan fingerprint density at radius 1 is 1.45 bits per heavy atom. The van der Waals surface area contributed by atoms with E-state index in [1.54, 1.807) is 13.8 Å². The maximum Gasteiger partial charge on any atom is 0.342 e. The highest BCUT2D eigenvalue weighted by Crippen LogP contribution is 2.29. The molecule has 0 fully saturated rings. The van der Waals surface area contributed by atoms with E-state index in [0.717, 1.165) is 6.07 Å². The summed E-state index contributed by atoms with van der Waals surface area (Å²) in [6.45, 7) is 3.21. The lowest BCUT2D eigenvalue weighted by molar-refractivity contribution is -0.384. The molecule has 0 saturated carbocycles. The van der Waals surface area contributed by atoms with Gasteiger partial charge in [0.2, 0.25) is 5.91 Å². The highest BCUT2D eigenvalue weighted by Gasteiger charge is 2.28. The Morgan fingerprint density at radius 3 is 2.50 bits per heavy atom. The van der Waals surface area contributed by atoms with Crippen LogP contribution in [0, 0.1) is 15.5 Å². The van der Waals surface area contributed by atoms with E-state index in [4.69, 9.17) is 10.8 Å². The second-order valence-electron chi connectivity index (χ2n) is 4.87. The Morgan fingerprint density at radius 2 is 2.05 bits per heavy atom. The molecule has 0 heterocycles. The van der Waals surface area contributed by atoms with E-state index in [-0.39, 0.29) is 12.2 Å². The smallest absolute Gasteiger partial charge is 0.342 e. The van der Waals surface area contributed by atoms with Gasteiger partial charge in [-0.2, -0.15) is 0 Å². The molecule has 4 N–H and O–H groups in total. The number of nitro groups is 1. The largest absolute Gasteiger partial charge is 0.477 e. The molecule has 0 radical (unpaired) electrons. The van der Waals surface area contributed by atoms with Gasteiger partial charge in [-0.05, 0) is 26.0 Å². The Hall–Kier alpha value is -2.64. The van der Waals surface area contributed by atoms with E-state index in [9.17, 15) is 19.7 Å². The molecule has 8 heteroatoms. The molecule has 0 aliphatic heterocycles. The van der Waals surface area contributed by atoms with Gasteiger partial charge in [0.1, 0.15) is 11.3 Å². The molecule has 20 heavy (non-hydrogen) atoms. The fourth-order valence-corrected chi connectivity index (χ4v) is 1.46. The number of amides is 1. The van der Waals surface area contributed by atoms with Gasteiger partial charge in [0, 0.05) is 6.54 Å². The van der Waals surface area contributed by atoms with Crippen LogP contribution in [0.3, 0.4) is 0 Å². The number of primary amides is 1. The topological polar surface area (TPSA) is 136 Å². The molecular formula is C12H15N3O5. The lowest BCUT2D eigenvalue weighted by atomic mass is 9.92. The highest BCUT2D eigenvalue weighted by atomic mass is 16.6. The third-order valence-corrected chi connectivity index (χ3v) is 2.84. The van der Waals surface area contributed by atoms with Crippen molar-refractivity contribution in [2.24, 2.45) is 11.1 Å². The zero-order chi connectivity index (χ0) is 15.5. The highest BCUT2D eigenvalue weighted by molar-refractivity contribution is 5.95. The Bertz CT molecular complexity index is 568. The number of nitrogens with two attached hydrogens (primary N) is 1. The molecule has 0 aliphatic rings. The Balaban J connectivity index is 3.13. The number of anilines is 1. The minimum absolute atomic E-state index is 0.0317. The van der Waals surface area contributed by atoms with Gasteiger partial charge < -0.3 is 16.2 Å². The van der Waals surface area contributed by atoms with E-state index in [2.05, 4.69) is 5.32 Å². The summed E-state index contributed by atoms with van der Waals surface area (Å²) in [6, 6.07) is 3.91. The van der Waals surface area contributed by atoms with Crippen molar-refractivity contribution in [3.05, 3.63) is 33.9 Å². The zero-order valence-corrected chi connectivity index (χ0v) is 11.0. The van der Waals surface area contributed by atoms with E-state index >= 15 is 0 Å². The first-order valence-corrected chi connectivity index (χ1v) is 5.71. The number of aromatic carboxylic acids is 1. The molecule has 8 nitrogen and oxygen atoms in total. The van der Waals surface area contributed by atoms with Crippen LogP contribution >= 0.6 is 0 Å². The summed E-state index contributed by atoms with van der Waals surface area (Å²) in [5.41, 5.74) is 3.35. The maximum absolute atomic E-state index is 11.2. The van der Waals surface area contributed by atoms with Crippen molar-refractivity contribution < 1.29 is 19.6 Å². The number of carboxylic acids is 1. The Labute approximate surface area is 114 Å². The monoisotopic (exact) mass is 281 g/mol. The van der Waals surface area contributed by atoms with Crippen LogP contribution < -0.4 is 11.1 Å². The maximum atomic E-state index is 11.2. The van der Waals surface area contributed by atoms with E-state index in [0.29, 0.717) is 0 Å². The van der Waals surface area contributed by atoms with E-state index in [1.807, 2.05) is 0 Å². The van der Waals surface area contributed by atoms with Crippen molar-refractivity contribution in [3.8, 4) is 0 Å². The summed E-state index contributed by atoms with van der Waals surface area (Å²) in [5, 5.41) is 22.7. The van der Waals surface area contributed by atoms with Crippen molar-refractivity contribution in [2.75, 3.05) is 11.9 Å². The zero-order valence-electron chi connectivity index (χ0n) is 11.0. The van der Waals surface area contributed by atoms with Gasteiger partial charge in [-0.25, -0.2) is 4.79 Å². The minimum Gasteiger partial charge on any atom is -0.477 e. The minimum atomic E-state index is -1.39. The normalized spacial score (nSPS) is 10.9. The summed E-state index contributed by atoms with van der Waals surface area (Å²) < 4.78 is 0. The fourth-order valence-electron chi connectivity index (χ4n) is 1.46. The summed E-state index contributed by atoms with van der Waals surface area (Å²) in [6.07, 6.45) is 0. The quantitative estimate of drug-likeness (QED) is 0.529. The summed E-state index contributed by atoms with van der Waals surface area (Å²) >= 11 is 0. The second-order valence-corrected chi connectivity index (χ2v) is 4.87. The number of nitro benzene ring substituents is 1. The van der Waals surface area contributed by atoms with Gasteiger partial charge in [0.15, 0.2) is 0 Å². The van der Waals surface area contributed by atoms with Crippen molar-refractivity contribution in [3.63, 3.8) is 0 Å². The number of nitrogens with zero attached hydrogens (tertiary/aromatic N) is 1. The summed E-state index contributed by atoms with van der Waals surface area (Å²) in [7, 11) is 0. The van der Waals surface area contributed by atoms with Crippen molar-refractivity contribution >= 4 is 23.3 Å². The SMILES string of the molecule is CC(C)(CNc1cccc(C(=O)O)c1[N+](=O)[O-])C(N)=O. The lowest BCUT2D eigenvalue weighted by Crippen LogP contribution is -2.37. The van der Waals surface area contributed by atoms with Crippen molar-refractivity contribution in [1.82, 2.24) is 0 Å². The fraction of sp³-hybridized carbons (Fsp3) is 0.333. The predicted molar refractivity (Wildman–Crippen MR) is 71.5 cm³/mol. The number of rotatable bonds is 6. The van der Waals surface area contributed by atoms with Crippen LogP contribution in [0.5, 0.6) is 0 Å². The van der Waals surface area contributed by atoms with Gasteiger partial charge in [-0.3, -0.25) is 14.9 Å². The molecule has 0 aliphatic carbocycles. The van der Waals surface area contributed by atoms with Crippen LogP contribution in [0.15, 0.2) is 18.2 Å². The number of para-hydroxylation sites is 1. The number of benzene rings is 1. The molecule has 0 spiro atoms. The molecule has 1 amide bonds. The number of carbonyl (C=O) groups excluding carboxylic acids is 1. The predicted octanol–water partition coefficient (Wildman–Crippen LogP) is 1.22. The molecule has 1 aromatic carbocycles. The molecule has 0 aromatic heterocycles. The van der Waals surface area contributed by atoms with Gasteiger partial charge in [0.25, 0.3) is 0 Å². The van der Waals surface area contributed by atoms with Crippen LogP contribution in [-0.4, -0.2) is 28.5 Å². The molecular weight excluding hydrogens is 266 g/mol. The second kappa shape index (κ2) is 5.55. The van der Waals surface area contributed by atoms with Crippen LogP contribution in [0.25, 0.3) is 0 Å². The van der Waals surface area contributed by atoms with Gasteiger partial charge in [0.05, 0.1) is 10.3 Å². The summed E-state index contributed by atoms with van der Waals surface area (Å²) in [4.78, 5) is 32.4. The van der Waals surface area contributed by atoms with Crippen LogP contribution in [0.4, 0.5) is 11.4 Å². The van der Waals surface area contributed by atoms with Gasteiger partial charge in [-0.15, -0.1) is 0 Å². The molecule has 0 saturated heterocycles. The average Bonchev–Trinajstić information content (AvgIpc) is 2.35. The van der Waals surface area contributed by atoms with E-state index in [1.165, 1.54) is 12.1 Å². The molecule has 1 rings (SSSR count). The number of nitrogens with one attached hydrogen (secondary N) is 1.